The molecule has 0 bridgehead atoms. The molecular weight excluding hydrogens is 879 g/mol. The zero-order valence-electron chi connectivity index (χ0n) is 40.5. The zero-order valence-corrected chi connectivity index (χ0v) is 40.5. The first-order chi connectivity index (χ1) is 36.3. The molecule has 0 spiro atoms. The van der Waals surface area contributed by atoms with Gasteiger partial charge in [-0.25, -0.2) is 0 Å². The van der Waals surface area contributed by atoms with Gasteiger partial charge in [0.1, 0.15) is 11.4 Å². The zero-order chi connectivity index (χ0) is 48.8. The lowest BCUT2D eigenvalue weighted by Crippen LogP contribution is -2.35. The Kier molecular flexibility index (Phi) is 12.4. The van der Waals surface area contributed by atoms with Crippen molar-refractivity contribution >= 4 is 22.7 Å². The van der Waals surface area contributed by atoms with E-state index in [2.05, 4.69) is 315 Å². The summed E-state index contributed by atoms with van der Waals surface area (Å²) in [4.78, 5) is 0. The molecule has 344 valence electrons. The third-order valence-corrected chi connectivity index (χ3v) is 14.2. The molecule has 0 aliphatic rings. The van der Waals surface area contributed by atoms with Gasteiger partial charge in [0, 0.05) is 47.5 Å². The minimum absolute atomic E-state index is 0.222. The minimum atomic E-state index is 0.222. The Morgan fingerprint density at radius 3 is 0.603 bits per heavy atom. The van der Waals surface area contributed by atoms with Crippen molar-refractivity contribution in [1.82, 2.24) is 4.48 Å². The summed E-state index contributed by atoms with van der Waals surface area (Å²) in [5.74, 6) is 0. The quantitative estimate of drug-likeness (QED) is 0.107. The second-order valence-electron chi connectivity index (χ2n) is 18.4. The summed E-state index contributed by atoms with van der Waals surface area (Å²) in [6.07, 6.45) is 0. The molecule has 0 saturated carbocycles. The lowest BCUT2D eigenvalue weighted by molar-refractivity contribution is 0.708. The maximum Gasteiger partial charge on any atom is 0.157 e. The molecule has 73 heavy (non-hydrogen) atoms. The predicted molar refractivity (Wildman–Crippen MR) is 310 cm³/mol. The first-order valence-corrected chi connectivity index (χ1v) is 25.2. The molecule has 0 aliphatic heterocycles. The normalized spacial score (nSPS) is 11.3. The number of rotatable bonds is 12. The molecule has 0 saturated heterocycles. The number of benzene rings is 12. The molecule has 0 N–H and O–H groups in total. The number of hydrogen-bond acceptors (Lipinski definition) is 0. The highest BCUT2D eigenvalue weighted by atomic mass is 15.4. The van der Waals surface area contributed by atoms with Crippen LogP contribution in [0, 0.1) is 0 Å². The molecule has 12 rings (SSSR count). The molecule has 0 atom stereocenters. The molecule has 0 unspecified atom stereocenters. The summed E-state index contributed by atoms with van der Waals surface area (Å²) >= 11 is 0. The fourth-order valence-corrected chi connectivity index (χ4v) is 11.1. The van der Waals surface area contributed by atoms with E-state index >= 15 is 0 Å². The highest BCUT2D eigenvalue weighted by molar-refractivity contribution is 6.12. The van der Waals surface area contributed by atoms with E-state index in [-0.39, 0.29) is 4.48 Å². The van der Waals surface area contributed by atoms with Crippen molar-refractivity contribution in [3.05, 3.63) is 315 Å². The van der Waals surface area contributed by atoms with Gasteiger partial charge in [-0.1, -0.05) is 279 Å². The van der Waals surface area contributed by atoms with Crippen LogP contribution in [0.25, 0.3) is 89.0 Å². The van der Waals surface area contributed by atoms with Gasteiger partial charge in [0.15, 0.2) is 11.4 Å². The van der Waals surface area contributed by atoms with Gasteiger partial charge in [-0.2, -0.15) is 4.48 Å². The van der Waals surface area contributed by atoms with Crippen LogP contribution in [0.2, 0.25) is 0 Å². The van der Waals surface area contributed by atoms with Crippen molar-refractivity contribution in [2.75, 3.05) is 0 Å². The molecule has 0 radical (unpaired) electrons. The lowest BCUT2D eigenvalue weighted by atomic mass is 9.78. The van der Waals surface area contributed by atoms with Crippen LogP contribution in [0.4, 0.5) is 22.7 Å². The van der Waals surface area contributed by atoms with Crippen LogP contribution in [0.3, 0.4) is 0 Å². The molecule has 1 heteroatoms. The van der Waals surface area contributed by atoms with E-state index in [0.717, 1.165) is 101 Å². The Bertz CT molecular complexity index is 3500. The minimum Gasteiger partial charge on any atom is -0.193 e. The average Bonchev–Trinajstić information content (AvgIpc) is 3.49. The largest absolute Gasteiger partial charge is 0.193 e. The fraction of sp³-hybridized carbons (Fsp3) is 0. The van der Waals surface area contributed by atoms with Gasteiger partial charge in [0.25, 0.3) is 0 Å². The summed E-state index contributed by atoms with van der Waals surface area (Å²) in [6.45, 7) is 0. The Hall–Kier alpha value is -9.40. The van der Waals surface area contributed by atoms with Crippen molar-refractivity contribution in [3.63, 3.8) is 0 Å². The van der Waals surface area contributed by atoms with E-state index in [1.54, 1.807) is 0 Å². The SMILES string of the molecule is c1ccc(-c2cc([N+](c3ccccc3)(c3ccccc3)c3cc(-c4ccccc4)c(-c4ccccc4)c(-c4ccccc4)c3-c3ccccc3)c(-c3ccccc3)c(-c3ccccc3)c2-c2ccccc2)cc1. The Balaban J connectivity index is 1.41. The van der Waals surface area contributed by atoms with Crippen molar-refractivity contribution in [1.29, 1.82) is 0 Å². The van der Waals surface area contributed by atoms with E-state index in [1.807, 2.05) is 0 Å². The second kappa shape index (κ2) is 20.1. The molecule has 0 amide bonds. The molecule has 1 nitrogen and oxygen atoms in total. The third-order valence-electron chi connectivity index (χ3n) is 14.2. The number of hydrogen-bond donors (Lipinski definition) is 0. The van der Waals surface area contributed by atoms with Crippen molar-refractivity contribution in [2.45, 2.75) is 0 Å². The van der Waals surface area contributed by atoms with Crippen LogP contribution < -0.4 is 4.48 Å². The first kappa shape index (κ1) is 44.8. The predicted octanol–water partition coefficient (Wildman–Crippen LogP) is 20.3. The topological polar surface area (TPSA) is 0 Å². The number of nitrogens with zero attached hydrogens (tertiary/aromatic N) is 1. The van der Waals surface area contributed by atoms with Crippen LogP contribution in [0.15, 0.2) is 315 Å². The molecule has 0 aliphatic carbocycles. The summed E-state index contributed by atoms with van der Waals surface area (Å²) < 4.78 is 0.222. The van der Waals surface area contributed by atoms with Gasteiger partial charge in [-0.3, -0.25) is 0 Å². The number of para-hydroxylation sites is 2. The molecule has 12 aromatic rings. The van der Waals surface area contributed by atoms with Crippen LogP contribution in [0.5, 0.6) is 0 Å². The van der Waals surface area contributed by atoms with E-state index in [1.165, 1.54) is 11.1 Å². The van der Waals surface area contributed by atoms with Crippen molar-refractivity contribution in [3.8, 4) is 89.0 Å². The third kappa shape index (κ3) is 8.28. The first-order valence-electron chi connectivity index (χ1n) is 25.2. The van der Waals surface area contributed by atoms with Gasteiger partial charge >= 0.3 is 0 Å². The van der Waals surface area contributed by atoms with Crippen molar-refractivity contribution in [2.24, 2.45) is 0 Å². The second-order valence-corrected chi connectivity index (χ2v) is 18.4. The summed E-state index contributed by atoms with van der Waals surface area (Å²) in [6, 6.07) is 116. The summed E-state index contributed by atoms with van der Waals surface area (Å²) in [5, 5.41) is 0. The van der Waals surface area contributed by atoms with Gasteiger partial charge in [0.05, 0.1) is 11.1 Å². The van der Waals surface area contributed by atoms with Crippen molar-refractivity contribution < 1.29 is 0 Å². The van der Waals surface area contributed by atoms with Gasteiger partial charge in [-0.05, 0) is 66.8 Å². The van der Waals surface area contributed by atoms with Gasteiger partial charge in [-0.15, -0.1) is 0 Å². The Morgan fingerprint density at radius 1 is 0.164 bits per heavy atom. The molecule has 0 aromatic heterocycles. The smallest absolute Gasteiger partial charge is 0.157 e. The number of quaternary nitrogens is 1. The van der Waals surface area contributed by atoms with E-state index in [0.29, 0.717) is 0 Å². The van der Waals surface area contributed by atoms with E-state index in [4.69, 9.17) is 0 Å². The standard InChI is InChI=1S/C72H52N/c1-11-31-53(32-12-1)63-51-65(69(57-39-19-5-20-40-57)71(59-43-23-7-24-44-59)67(63)55-35-15-3-16-36-55)73(61-47-27-9-28-48-61,62-49-29-10-30-50-62)66-52-64(54-33-13-2-14-34-54)68(56-37-17-4-18-38-56)72(60-45-25-8-26-46-60)70(66)58-41-21-6-22-42-58/h1-52H/q+1. The van der Waals surface area contributed by atoms with Crippen LogP contribution >= 0.6 is 0 Å². The van der Waals surface area contributed by atoms with Crippen LogP contribution in [-0.2, 0) is 0 Å². The molecular formula is C72H52N+. The fourth-order valence-electron chi connectivity index (χ4n) is 11.1. The Labute approximate surface area is 429 Å². The maximum atomic E-state index is 2.54. The summed E-state index contributed by atoms with van der Waals surface area (Å²) in [5.41, 5.74) is 22.8. The molecule has 0 heterocycles. The van der Waals surface area contributed by atoms with Crippen LogP contribution in [0.1, 0.15) is 0 Å². The van der Waals surface area contributed by atoms with E-state index < -0.39 is 0 Å². The highest BCUT2D eigenvalue weighted by Gasteiger charge is 2.46. The van der Waals surface area contributed by atoms with Gasteiger partial charge in [0.2, 0.25) is 0 Å². The maximum absolute atomic E-state index is 2.54. The highest BCUT2D eigenvalue weighted by Crippen LogP contribution is 2.63. The molecule has 0 fully saturated rings. The summed E-state index contributed by atoms with van der Waals surface area (Å²) in [7, 11) is 0. The molecule has 12 aromatic carbocycles. The Morgan fingerprint density at radius 2 is 0.356 bits per heavy atom. The van der Waals surface area contributed by atoms with Gasteiger partial charge < -0.3 is 0 Å². The van der Waals surface area contributed by atoms with Crippen LogP contribution in [-0.4, -0.2) is 0 Å². The lowest BCUT2D eigenvalue weighted by Gasteiger charge is -2.42. The average molecular weight is 931 g/mol. The monoisotopic (exact) mass is 930 g/mol. The van der Waals surface area contributed by atoms with E-state index in [9.17, 15) is 0 Å².